The second kappa shape index (κ2) is 4.89. The Balaban J connectivity index is 1.80. The number of aromatic nitrogens is 2. The van der Waals surface area contributed by atoms with Gasteiger partial charge in [0.15, 0.2) is 5.82 Å². The third kappa shape index (κ3) is 2.90. The zero-order valence-electron chi connectivity index (χ0n) is 8.77. The standard InChI is InChI=1S/C10H11N3O2S/c1-7-12-10(15-13-7)6-11-9(14)5-8-3-2-4-16-8/h2-4H,5-6H2,1H3,(H,11,14). The molecule has 0 bridgehead atoms. The number of hydrogen-bond donors (Lipinski definition) is 1. The van der Waals surface area contributed by atoms with E-state index in [1.165, 1.54) is 0 Å². The monoisotopic (exact) mass is 237 g/mol. The molecule has 0 unspecified atom stereocenters. The zero-order chi connectivity index (χ0) is 11.4. The molecule has 5 nitrogen and oxygen atoms in total. The maximum Gasteiger partial charge on any atom is 0.246 e. The Bertz CT molecular complexity index is 464. The highest BCUT2D eigenvalue weighted by Crippen LogP contribution is 2.08. The number of amides is 1. The van der Waals surface area contributed by atoms with Crippen molar-refractivity contribution in [2.45, 2.75) is 19.9 Å². The molecule has 0 aromatic carbocycles. The zero-order valence-corrected chi connectivity index (χ0v) is 9.58. The fourth-order valence-corrected chi connectivity index (χ4v) is 1.92. The Morgan fingerprint density at radius 2 is 2.50 bits per heavy atom. The van der Waals surface area contributed by atoms with E-state index >= 15 is 0 Å². The van der Waals surface area contributed by atoms with Crippen molar-refractivity contribution in [1.82, 2.24) is 15.5 Å². The van der Waals surface area contributed by atoms with Gasteiger partial charge in [0.25, 0.3) is 0 Å². The van der Waals surface area contributed by atoms with E-state index in [1.807, 2.05) is 17.5 Å². The molecule has 2 aromatic heterocycles. The van der Waals surface area contributed by atoms with Gasteiger partial charge in [-0.25, -0.2) is 0 Å². The van der Waals surface area contributed by atoms with Gasteiger partial charge in [-0.3, -0.25) is 4.79 Å². The second-order valence-electron chi connectivity index (χ2n) is 3.27. The lowest BCUT2D eigenvalue weighted by atomic mass is 10.3. The molecule has 0 radical (unpaired) electrons. The fraction of sp³-hybridized carbons (Fsp3) is 0.300. The molecular formula is C10H11N3O2S. The Kier molecular flexibility index (Phi) is 3.31. The molecular weight excluding hydrogens is 226 g/mol. The molecule has 84 valence electrons. The molecule has 1 N–H and O–H groups in total. The number of carbonyl (C=O) groups excluding carboxylic acids is 1. The van der Waals surface area contributed by atoms with E-state index in [9.17, 15) is 4.79 Å². The molecule has 0 aliphatic heterocycles. The van der Waals surface area contributed by atoms with E-state index < -0.39 is 0 Å². The van der Waals surface area contributed by atoms with Gasteiger partial charge in [0.1, 0.15) is 0 Å². The van der Waals surface area contributed by atoms with Gasteiger partial charge < -0.3 is 9.84 Å². The Labute approximate surface area is 96.5 Å². The van der Waals surface area contributed by atoms with E-state index in [-0.39, 0.29) is 12.5 Å². The normalized spacial score (nSPS) is 10.3. The summed E-state index contributed by atoms with van der Waals surface area (Å²) in [6.45, 7) is 2.02. The molecule has 2 rings (SSSR count). The Morgan fingerprint density at radius 1 is 1.62 bits per heavy atom. The van der Waals surface area contributed by atoms with Crippen molar-refractivity contribution in [2.75, 3.05) is 0 Å². The molecule has 0 saturated carbocycles. The van der Waals surface area contributed by atoms with Crippen molar-refractivity contribution < 1.29 is 9.32 Å². The summed E-state index contributed by atoms with van der Waals surface area (Å²) in [4.78, 5) is 16.5. The van der Waals surface area contributed by atoms with Crippen molar-refractivity contribution >= 4 is 17.2 Å². The van der Waals surface area contributed by atoms with Crippen LogP contribution in [0.15, 0.2) is 22.0 Å². The van der Waals surface area contributed by atoms with Gasteiger partial charge in [-0.05, 0) is 18.4 Å². The summed E-state index contributed by atoms with van der Waals surface area (Å²) >= 11 is 1.56. The number of aryl methyl sites for hydroxylation is 1. The Hall–Kier alpha value is -1.69. The predicted molar refractivity (Wildman–Crippen MR) is 58.9 cm³/mol. The van der Waals surface area contributed by atoms with Crippen LogP contribution in [-0.2, 0) is 17.8 Å². The van der Waals surface area contributed by atoms with E-state index in [1.54, 1.807) is 18.3 Å². The molecule has 0 spiro atoms. The van der Waals surface area contributed by atoms with Crippen LogP contribution in [-0.4, -0.2) is 16.0 Å². The average Bonchev–Trinajstić information content (AvgIpc) is 2.87. The predicted octanol–water partition coefficient (Wildman–Crippen LogP) is 1.30. The van der Waals surface area contributed by atoms with Gasteiger partial charge >= 0.3 is 0 Å². The molecule has 16 heavy (non-hydrogen) atoms. The lowest BCUT2D eigenvalue weighted by molar-refractivity contribution is -0.120. The third-order valence-corrected chi connectivity index (χ3v) is 2.80. The number of rotatable bonds is 4. The van der Waals surface area contributed by atoms with E-state index in [2.05, 4.69) is 15.5 Å². The van der Waals surface area contributed by atoms with Gasteiger partial charge in [-0.2, -0.15) is 4.98 Å². The first-order valence-corrected chi connectivity index (χ1v) is 5.70. The summed E-state index contributed by atoms with van der Waals surface area (Å²) in [6.07, 6.45) is 0.394. The van der Waals surface area contributed by atoms with Crippen molar-refractivity contribution in [1.29, 1.82) is 0 Å². The molecule has 0 aliphatic rings. The first-order chi connectivity index (χ1) is 7.74. The summed E-state index contributed by atoms with van der Waals surface area (Å²) in [7, 11) is 0. The smallest absolute Gasteiger partial charge is 0.246 e. The maximum absolute atomic E-state index is 11.5. The topological polar surface area (TPSA) is 68.0 Å². The number of thiophene rings is 1. The van der Waals surface area contributed by atoms with Crippen molar-refractivity contribution in [2.24, 2.45) is 0 Å². The van der Waals surface area contributed by atoms with Crippen LogP contribution in [0.1, 0.15) is 16.6 Å². The van der Waals surface area contributed by atoms with Crippen molar-refractivity contribution in [3.05, 3.63) is 34.1 Å². The van der Waals surface area contributed by atoms with Gasteiger partial charge in [-0.1, -0.05) is 11.2 Å². The minimum absolute atomic E-state index is 0.0432. The summed E-state index contributed by atoms with van der Waals surface area (Å²) in [5.41, 5.74) is 0. The molecule has 2 heterocycles. The molecule has 0 aliphatic carbocycles. The maximum atomic E-state index is 11.5. The summed E-state index contributed by atoms with van der Waals surface area (Å²) in [6, 6.07) is 3.86. The molecule has 0 fully saturated rings. The van der Waals surface area contributed by atoms with Crippen LogP contribution in [0.3, 0.4) is 0 Å². The van der Waals surface area contributed by atoms with Gasteiger partial charge in [0, 0.05) is 4.88 Å². The first-order valence-electron chi connectivity index (χ1n) is 4.82. The number of hydrogen-bond acceptors (Lipinski definition) is 5. The molecule has 0 saturated heterocycles. The van der Waals surface area contributed by atoms with Crippen molar-refractivity contribution in [3.63, 3.8) is 0 Å². The highest BCUT2D eigenvalue weighted by Gasteiger charge is 2.07. The van der Waals surface area contributed by atoms with E-state index in [4.69, 9.17) is 4.52 Å². The van der Waals surface area contributed by atoms with Crippen LogP contribution in [0.4, 0.5) is 0 Å². The summed E-state index contributed by atoms with van der Waals surface area (Å²) < 4.78 is 4.88. The van der Waals surface area contributed by atoms with E-state index in [0.717, 1.165) is 4.88 Å². The van der Waals surface area contributed by atoms with Crippen LogP contribution in [0.25, 0.3) is 0 Å². The number of carbonyl (C=O) groups is 1. The highest BCUT2D eigenvalue weighted by molar-refractivity contribution is 7.10. The summed E-state index contributed by atoms with van der Waals surface area (Å²) in [5.74, 6) is 0.956. The van der Waals surface area contributed by atoms with Crippen LogP contribution >= 0.6 is 11.3 Å². The fourth-order valence-electron chi connectivity index (χ4n) is 1.22. The molecule has 0 atom stereocenters. The van der Waals surface area contributed by atoms with Crippen LogP contribution in [0, 0.1) is 6.92 Å². The number of nitrogens with zero attached hydrogens (tertiary/aromatic N) is 2. The SMILES string of the molecule is Cc1noc(CNC(=O)Cc2cccs2)n1. The van der Waals surface area contributed by atoms with Crippen LogP contribution in [0.5, 0.6) is 0 Å². The summed E-state index contributed by atoms with van der Waals surface area (Å²) in [5, 5.41) is 8.31. The lowest BCUT2D eigenvalue weighted by Crippen LogP contribution is -2.24. The lowest BCUT2D eigenvalue weighted by Gasteiger charge is -1.99. The van der Waals surface area contributed by atoms with E-state index in [0.29, 0.717) is 18.1 Å². The van der Waals surface area contributed by atoms with Crippen LogP contribution in [0.2, 0.25) is 0 Å². The average molecular weight is 237 g/mol. The quantitative estimate of drug-likeness (QED) is 0.870. The van der Waals surface area contributed by atoms with Gasteiger partial charge in [0.05, 0.1) is 13.0 Å². The second-order valence-corrected chi connectivity index (χ2v) is 4.30. The van der Waals surface area contributed by atoms with Crippen LogP contribution < -0.4 is 5.32 Å². The first kappa shape index (κ1) is 10.8. The minimum atomic E-state index is -0.0432. The highest BCUT2D eigenvalue weighted by atomic mass is 32.1. The van der Waals surface area contributed by atoms with Crippen molar-refractivity contribution in [3.8, 4) is 0 Å². The Morgan fingerprint density at radius 3 is 3.12 bits per heavy atom. The largest absolute Gasteiger partial charge is 0.347 e. The number of nitrogens with one attached hydrogen (secondary N) is 1. The molecule has 6 heteroatoms. The molecule has 1 amide bonds. The van der Waals surface area contributed by atoms with Gasteiger partial charge in [0.2, 0.25) is 11.8 Å². The minimum Gasteiger partial charge on any atom is -0.347 e. The third-order valence-electron chi connectivity index (χ3n) is 1.92. The molecule has 2 aromatic rings. The van der Waals surface area contributed by atoms with Gasteiger partial charge in [-0.15, -0.1) is 11.3 Å².